The minimum absolute atomic E-state index is 0.329. The highest BCUT2D eigenvalue weighted by atomic mass is 16.5. The number of likely N-dealkylation sites (N-methyl/N-ethyl adjacent to an activating group) is 1. The molecule has 0 amide bonds. The van der Waals surface area contributed by atoms with Gasteiger partial charge in [0.25, 0.3) is 0 Å². The number of nitrogens with one attached hydrogen (secondary N) is 1. The molecule has 0 spiro atoms. The first-order valence-electron chi connectivity index (χ1n) is 4.61. The Morgan fingerprint density at radius 2 is 2.25 bits per heavy atom. The van der Waals surface area contributed by atoms with Gasteiger partial charge in [0.15, 0.2) is 0 Å². The van der Waals surface area contributed by atoms with Gasteiger partial charge in [-0.15, -0.1) is 6.58 Å². The minimum atomic E-state index is 0.329. The lowest BCUT2D eigenvalue weighted by Gasteiger charge is -2.24. The van der Waals surface area contributed by atoms with Gasteiger partial charge in [-0.3, -0.25) is 0 Å². The quantitative estimate of drug-likeness (QED) is 0.591. The van der Waals surface area contributed by atoms with Gasteiger partial charge in [-0.2, -0.15) is 0 Å². The van der Waals surface area contributed by atoms with Crippen LogP contribution in [0.15, 0.2) is 12.7 Å². The van der Waals surface area contributed by atoms with Crippen molar-refractivity contribution in [3.63, 3.8) is 0 Å². The van der Waals surface area contributed by atoms with Crippen LogP contribution in [0.4, 0.5) is 0 Å². The van der Waals surface area contributed by atoms with Crippen molar-refractivity contribution >= 4 is 0 Å². The Morgan fingerprint density at radius 1 is 1.58 bits per heavy atom. The van der Waals surface area contributed by atoms with Crippen LogP contribution in [0.1, 0.15) is 26.2 Å². The van der Waals surface area contributed by atoms with Crippen molar-refractivity contribution in [2.45, 2.75) is 38.3 Å². The molecule has 0 heterocycles. The van der Waals surface area contributed by atoms with Crippen molar-refractivity contribution in [3.05, 3.63) is 12.7 Å². The second-order valence-electron chi connectivity index (χ2n) is 2.94. The normalized spacial score (nSPS) is 15.6. The summed E-state index contributed by atoms with van der Waals surface area (Å²) < 4.78 is 5.35. The van der Waals surface area contributed by atoms with E-state index in [-0.39, 0.29) is 0 Å². The lowest BCUT2D eigenvalue weighted by molar-refractivity contribution is 0.0653. The first kappa shape index (κ1) is 11.7. The van der Waals surface area contributed by atoms with E-state index in [0.29, 0.717) is 12.1 Å². The van der Waals surface area contributed by atoms with Crippen molar-refractivity contribution in [1.82, 2.24) is 5.32 Å². The lowest BCUT2D eigenvalue weighted by Crippen LogP contribution is -2.38. The van der Waals surface area contributed by atoms with Crippen LogP contribution in [0.25, 0.3) is 0 Å². The fourth-order valence-electron chi connectivity index (χ4n) is 1.43. The summed E-state index contributed by atoms with van der Waals surface area (Å²) in [6.07, 6.45) is 5.48. The molecule has 0 aromatic carbocycles. The molecule has 2 nitrogen and oxygen atoms in total. The summed E-state index contributed by atoms with van der Waals surface area (Å²) >= 11 is 0. The number of allylic oxidation sites excluding steroid dienone is 1. The van der Waals surface area contributed by atoms with Crippen molar-refractivity contribution < 1.29 is 4.74 Å². The maximum atomic E-state index is 5.35. The summed E-state index contributed by atoms with van der Waals surface area (Å²) in [7, 11) is 3.75. The summed E-state index contributed by atoms with van der Waals surface area (Å²) in [5.74, 6) is 0. The van der Waals surface area contributed by atoms with Crippen molar-refractivity contribution in [1.29, 1.82) is 0 Å². The highest BCUT2D eigenvalue weighted by Crippen LogP contribution is 2.08. The first-order valence-corrected chi connectivity index (χ1v) is 4.61. The molecule has 2 unspecified atom stereocenters. The largest absolute Gasteiger partial charge is 0.380 e. The molecule has 0 bridgehead atoms. The molecule has 0 aromatic heterocycles. The molecule has 72 valence electrons. The molecule has 0 aromatic rings. The fourth-order valence-corrected chi connectivity index (χ4v) is 1.43. The summed E-state index contributed by atoms with van der Waals surface area (Å²) in [6, 6.07) is 0.456. The second kappa shape index (κ2) is 7.32. The Kier molecular flexibility index (Phi) is 7.11. The fraction of sp³-hybridized carbons (Fsp3) is 0.800. The van der Waals surface area contributed by atoms with Crippen LogP contribution in [0, 0.1) is 0 Å². The van der Waals surface area contributed by atoms with Gasteiger partial charge in [0, 0.05) is 13.2 Å². The van der Waals surface area contributed by atoms with Gasteiger partial charge in [0.1, 0.15) is 0 Å². The topological polar surface area (TPSA) is 21.3 Å². The van der Waals surface area contributed by atoms with Crippen LogP contribution in [0.2, 0.25) is 0 Å². The van der Waals surface area contributed by atoms with Gasteiger partial charge in [-0.05, 0) is 26.3 Å². The Bertz CT molecular complexity index is 110. The highest BCUT2D eigenvalue weighted by molar-refractivity contribution is 4.78. The molecule has 0 aliphatic rings. The van der Waals surface area contributed by atoms with Crippen LogP contribution in [-0.2, 0) is 4.74 Å². The predicted octanol–water partition coefficient (Wildman–Crippen LogP) is 1.97. The molecule has 0 saturated carbocycles. The molecular formula is C10H21NO. The van der Waals surface area contributed by atoms with E-state index in [1.165, 1.54) is 0 Å². The predicted molar refractivity (Wildman–Crippen MR) is 53.4 cm³/mol. The molecule has 12 heavy (non-hydrogen) atoms. The Morgan fingerprint density at radius 3 is 2.58 bits per heavy atom. The Balaban J connectivity index is 3.83. The Hall–Kier alpha value is -0.340. The molecule has 0 rings (SSSR count). The monoisotopic (exact) mass is 171 g/mol. The zero-order valence-corrected chi connectivity index (χ0v) is 8.47. The van der Waals surface area contributed by atoms with Gasteiger partial charge in [-0.25, -0.2) is 0 Å². The van der Waals surface area contributed by atoms with Gasteiger partial charge >= 0.3 is 0 Å². The minimum Gasteiger partial charge on any atom is -0.380 e. The first-order chi connectivity index (χ1) is 5.79. The highest BCUT2D eigenvalue weighted by Gasteiger charge is 2.16. The van der Waals surface area contributed by atoms with E-state index in [4.69, 9.17) is 4.74 Å². The van der Waals surface area contributed by atoms with Crippen LogP contribution in [0.5, 0.6) is 0 Å². The number of methoxy groups -OCH3 is 1. The third kappa shape index (κ3) is 3.88. The standard InChI is InChI=1S/C10H21NO/c1-5-7-8-9(11-3)10(6-2)12-4/h5,9-11H,1,6-8H2,2-4H3. The SMILES string of the molecule is C=CCCC(NC)C(CC)OC. The maximum absolute atomic E-state index is 5.35. The lowest BCUT2D eigenvalue weighted by atomic mass is 10.0. The average Bonchev–Trinajstić information content (AvgIpc) is 2.12. The number of rotatable bonds is 7. The molecule has 2 heteroatoms. The third-order valence-corrected chi connectivity index (χ3v) is 2.21. The molecule has 1 N–H and O–H groups in total. The van der Waals surface area contributed by atoms with E-state index in [1.807, 2.05) is 13.1 Å². The number of hydrogen-bond donors (Lipinski definition) is 1. The molecule has 0 fully saturated rings. The van der Waals surface area contributed by atoms with Crippen LogP contribution >= 0.6 is 0 Å². The van der Waals surface area contributed by atoms with E-state index in [0.717, 1.165) is 19.3 Å². The van der Waals surface area contributed by atoms with Gasteiger partial charge < -0.3 is 10.1 Å². The zero-order valence-electron chi connectivity index (χ0n) is 8.47. The van der Waals surface area contributed by atoms with Crippen LogP contribution in [-0.4, -0.2) is 26.3 Å². The average molecular weight is 171 g/mol. The molecule has 0 radical (unpaired) electrons. The van der Waals surface area contributed by atoms with E-state index in [2.05, 4.69) is 18.8 Å². The third-order valence-electron chi connectivity index (χ3n) is 2.21. The van der Waals surface area contributed by atoms with Crippen LogP contribution in [0.3, 0.4) is 0 Å². The summed E-state index contributed by atoms with van der Waals surface area (Å²) in [5.41, 5.74) is 0. The Labute approximate surface area is 76.0 Å². The van der Waals surface area contributed by atoms with Crippen molar-refractivity contribution in [2.24, 2.45) is 0 Å². The van der Waals surface area contributed by atoms with Crippen LogP contribution < -0.4 is 5.32 Å². The van der Waals surface area contributed by atoms with E-state index in [9.17, 15) is 0 Å². The molecule has 0 aliphatic carbocycles. The van der Waals surface area contributed by atoms with E-state index < -0.39 is 0 Å². The maximum Gasteiger partial charge on any atom is 0.0721 e. The van der Waals surface area contributed by atoms with Gasteiger partial charge in [-0.1, -0.05) is 13.0 Å². The summed E-state index contributed by atoms with van der Waals surface area (Å²) in [6.45, 7) is 5.85. The van der Waals surface area contributed by atoms with Gasteiger partial charge in [0.05, 0.1) is 6.10 Å². The molecule has 0 saturated heterocycles. The van der Waals surface area contributed by atoms with E-state index in [1.54, 1.807) is 7.11 Å². The number of ether oxygens (including phenoxy) is 1. The van der Waals surface area contributed by atoms with Crippen molar-refractivity contribution in [2.75, 3.05) is 14.2 Å². The molecular weight excluding hydrogens is 150 g/mol. The second-order valence-corrected chi connectivity index (χ2v) is 2.94. The smallest absolute Gasteiger partial charge is 0.0721 e. The van der Waals surface area contributed by atoms with Gasteiger partial charge in [0.2, 0.25) is 0 Å². The van der Waals surface area contributed by atoms with Crippen molar-refractivity contribution in [3.8, 4) is 0 Å². The zero-order chi connectivity index (χ0) is 9.40. The molecule has 0 aliphatic heterocycles. The number of hydrogen-bond acceptors (Lipinski definition) is 2. The summed E-state index contributed by atoms with van der Waals surface area (Å²) in [4.78, 5) is 0. The van der Waals surface area contributed by atoms with E-state index >= 15 is 0 Å². The molecule has 2 atom stereocenters. The summed E-state index contributed by atoms with van der Waals surface area (Å²) in [5, 5.41) is 3.27.